The van der Waals surface area contributed by atoms with E-state index < -0.39 is 0 Å². The van der Waals surface area contributed by atoms with E-state index in [9.17, 15) is 0 Å². The summed E-state index contributed by atoms with van der Waals surface area (Å²) in [6.45, 7) is 6.76. The maximum Gasteiger partial charge on any atom is -0.00484 e. The van der Waals surface area contributed by atoms with Crippen molar-refractivity contribution in [2.75, 3.05) is 13.1 Å². The first-order valence-electron chi connectivity index (χ1n) is 3.70. The fourth-order valence-corrected chi connectivity index (χ4v) is 0.625. The zero-order valence-electron chi connectivity index (χ0n) is 6.89. The molecule has 1 heterocycles. The standard InChI is InChI=1S/C4H9N.C3H9P.BrH/c1-2-4-5-3-1;1-3(2)4;/h5H,1-4H2;3H,4H2,1-2H3;1H. The van der Waals surface area contributed by atoms with Crippen LogP contribution in [-0.4, -0.2) is 18.7 Å². The zero-order valence-corrected chi connectivity index (χ0v) is 9.76. The summed E-state index contributed by atoms with van der Waals surface area (Å²) in [4.78, 5) is 0. The summed E-state index contributed by atoms with van der Waals surface area (Å²) in [5.41, 5.74) is 0.750. The molecule has 0 aromatic rings. The number of halogens is 1. The van der Waals surface area contributed by atoms with E-state index in [1.165, 1.54) is 25.9 Å². The smallest absolute Gasteiger partial charge is 0.00484 e. The Hall–Kier alpha value is 0.870. The first kappa shape index (κ1) is 13.5. The van der Waals surface area contributed by atoms with Crippen molar-refractivity contribution in [1.82, 2.24) is 5.32 Å². The summed E-state index contributed by atoms with van der Waals surface area (Å²) in [5.74, 6) is 0. The van der Waals surface area contributed by atoms with Gasteiger partial charge in [-0.25, -0.2) is 0 Å². The predicted molar refractivity (Wildman–Crippen MR) is 57.3 cm³/mol. The highest BCUT2D eigenvalue weighted by Gasteiger charge is 1.93. The molecule has 3 heteroatoms. The summed E-state index contributed by atoms with van der Waals surface area (Å²) in [7, 11) is 2.66. The van der Waals surface area contributed by atoms with Crippen LogP contribution in [0.1, 0.15) is 26.7 Å². The van der Waals surface area contributed by atoms with E-state index in [0.717, 1.165) is 5.66 Å². The molecule has 1 nitrogen and oxygen atoms in total. The van der Waals surface area contributed by atoms with E-state index in [1.54, 1.807) is 0 Å². The average molecular weight is 228 g/mol. The molecule has 1 N–H and O–H groups in total. The second kappa shape index (κ2) is 9.87. The van der Waals surface area contributed by atoms with Gasteiger partial charge in [0.15, 0.2) is 0 Å². The van der Waals surface area contributed by atoms with E-state index in [1.807, 2.05) is 0 Å². The van der Waals surface area contributed by atoms with Gasteiger partial charge in [-0.15, -0.1) is 26.2 Å². The lowest BCUT2D eigenvalue weighted by Gasteiger charge is -1.79. The molecule has 1 rings (SSSR count). The van der Waals surface area contributed by atoms with Crippen molar-refractivity contribution >= 4 is 26.2 Å². The fourth-order valence-electron chi connectivity index (χ4n) is 0.625. The molecule has 0 radical (unpaired) electrons. The predicted octanol–water partition coefficient (Wildman–Crippen LogP) is 2.22. The maximum absolute atomic E-state index is 3.22. The van der Waals surface area contributed by atoms with Gasteiger partial charge in [-0.2, -0.15) is 0 Å². The third-order valence-corrected chi connectivity index (χ3v) is 0.957. The van der Waals surface area contributed by atoms with Gasteiger partial charge in [0.2, 0.25) is 0 Å². The van der Waals surface area contributed by atoms with Crippen LogP contribution in [0, 0.1) is 0 Å². The molecule has 0 bridgehead atoms. The van der Waals surface area contributed by atoms with Gasteiger partial charge in [0.1, 0.15) is 0 Å². The molecule has 0 spiro atoms. The Kier molecular flexibility index (Phi) is 13.3. The van der Waals surface area contributed by atoms with Crippen molar-refractivity contribution in [3.8, 4) is 0 Å². The Labute approximate surface area is 77.3 Å². The van der Waals surface area contributed by atoms with Gasteiger partial charge in [-0.05, 0) is 31.6 Å². The molecule has 1 aliphatic heterocycles. The van der Waals surface area contributed by atoms with Gasteiger partial charge in [0.25, 0.3) is 0 Å². The SMILES string of the molecule is Br.C1CCNC1.CC(C)P. The van der Waals surface area contributed by atoms with Crippen LogP contribution >= 0.6 is 26.2 Å². The van der Waals surface area contributed by atoms with E-state index in [2.05, 4.69) is 28.4 Å². The Balaban J connectivity index is 0. The highest BCUT2D eigenvalue weighted by molar-refractivity contribution is 8.93. The summed E-state index contributed by atoms with van der Waals surface area (Å²) in [6.07, 6.45) is 2.78. The van der Waals surface area contributed by atoms with Crippen molar-refractivity contribution in [3.05, 3.63) is 0 Å². The van der Waals surface area contributed by atoms with E-state index >= 15 is 0 Å². The molecule has 0 aliphatic carbocycles. The lowest BCUT2D eigenvalue weighted by Crippen LogP contribution is -2.03. The molecule has 1 unspecified atom stereocenters. The van der Waals surface area contributed by atoms with Crippen molar-refractivity contribution < 1.29 is 0 Å². The molecule has 0 aromatic carbocycles. The molecule has 1 saturated heterocycles. The van der Waals surface area contributed by atoms with Crippen LogP contribution in [0.25, 0.3) is 0 Å². The third kappa shape index (κ3) is 15.9. The van der Waals surface area contributed by atoms with Crippen molar-refractivity contribution in [2.45, 2.75) is 32.3 Å². The first-order valence-corrected chi connectivity index (χ1v) is 4.36. The normalized spacial score (nSPS) is 15.6. The number of hydrogen-bond donors (Lipinski definition) is 1. The molecule has 1 atom stereocenters. The molecule has 0 aromatic heterocycles. The van der Waals surface area contributed by atoms with E-state index in [4.69, 9.17) is 0 Å². The lowest BCUT2D eigenvalue weighted by molar-refractivity contribution is 0.857. The third-order valence-electron chi connectivity index (χ3n) is 0.957. The fraction of sp³-hybridized carbons (Fsp3) is 1.00. The second-order valence-electron chi connectivity index (χ2n) is 2.70. The second-order valence-corrected chi connectivity index (χ2v) is 4.03. The van der Waals surface area contributed by atoms with Gasteiger partial charge in [-0.1, -0.05) is 13.8 Å². The minimum atomic E-state index is 0. The molecule has 10 heavy (non-hydrogen) atoms. The summed E-state index contributed by atoms with van der Waals surface area (Å²) >= 11 is 0. The molecular formula is C7H19BrNP. The quantitative estimate of drug-likeness (QED) is 0.627. The highest BCUT2D eigenvalue weighted by atomic mass is 79.9. The van der Waals surface area contributed by atoms with Crippen LogP contribution in [0.3, 0.4) is 0 Å². The molecule has 0 saturated carbocycles. The largest absolute Gasteiger partial charge is 0.317 e. The first-order chi connectivity index (χ1) is 4.23. The summed E-state index contributed by atoms with van der Waals surface area (Å²) in [5, 5.41) is 3.22. The van der Waals surface area contributed by atoms with Crippen LogP contribution in [0.5, 0.6) is 0 Å². The minimum absolute atomic E-state index is 0. The number of hydrogen-bond acceptors (Lipinski definition) is 1. The Bertz CT molecular complexity index is 45.2. The summed E-state index contributed by atoms with van der Waals surface area (Å²) in [6, 6.07) is 0. The molecular weight excluding hydrogens is 209 g/mol. The maximum atomic E-state index is 3.22. The number of nitrogens with one attached hydrogen (secondary N) is 1. The minimum Gasteiger partial charge on any atom is -0.317 e. The van der Waals surface area contributed by atoms with Gasteiger partial charge in [-0.3, -0.25) is 0 Å². The van der Waals surface area contributed by atoms with E-state index in [-0.39, 0.29) is 17.0 Å². The molecule has 1 aliphatic rings. The van der Waals surface area contributed by atoms with Crippen molar-refractivity contribution in [1.29, 1.82) is 0 Å². The van der Waals surface area contributed by atoms with Gasteiger partial charge < -0.3 is 5.32 Å². The molecule has 1 fully saturated rings. The average Bonchev–Trinajstić information content (AvgIpc) is 2.11. The zero-order chi connectivity index (χ0) is 7.11. The lowest BCUT2D eigenvalue weighted by atomic mass is 10.4. The van der Waals surface area contributed by atoms with Gasteiger partial charge in [0, 0.05) is 0 Å². The molecule has 0 amide bonds. The van der Waals surface area contributed by atoms with Gasteiger partial charge >= 0.3 is 0 Å². The topological polar surface area (TPSA) is 12.0 Å². The van der Waals surface area contributed by atoms with Crippen molar-refractivity contribution in [2.24, 2.45) is 0 Å². The highest BCUT2D eigenvalue weighted by Crippen LogP contribution is 1.90. The van der Waals surface area contributed by atoms with Crippen molar-refractivity contribution in [3.63, 3.8) is 0 Å². The van der Waals surface area contributed by atoms with Crippen LogP contribution in [0.15, 0.2) is 0 Å². The summed E-state index contributed by atoms with van der Waals surface area (Å²) < 4.78 is 0. The van der Waals surface area contributed by atoms with Crippen LogP contribution in [-0.2, 0) is 0 Å². The Morgan fingerprint density at radius 2 is 1.50 bits per heavy atom. The van der Waals surface area contributed by atoms with Crippen LogP contribution < -0.4 is 5.32 Å². The van der Waals surface area contributed by atoms with Gasteiger partial charge in [0.05, 0.1) is 0 Å². The number of rotatable bonds is 0. The Morgan fingerprint density at radius 1 is 1.20 bits per heavy atom. The van der Waals surface area contributed by atoms with E-state index in [0.29, 0.717) is 0 Å². The van der Waals surface area contributed by atoms with Crippen LogP contribution in [0.4, 0.5) is 0 Å². The molecule has 64 valence electrons. The monoisotopic (exact) mass is 227 g/mol. The van der Waals surface area contributed by atoms with Crippen LogP contribution in [0.2, 0.25) is 0 Å². The Morgan fingerprint density at radius 3 is 1.60 bits per heavy atom.